The monoisotopic (exact) mass is 498 g/mol. The van der Waals surface area contributed by atoms with Crippen LogP contribution in [0.15, 0.2) is 64.9 Å². The molecule has 2 aliphatic rings. The number of nitrogens with zero attached hydrogens (tertiary/aromatic N) is 2. The number of carbonyl (C=O) groups excluding carboxylic acids is 1. The summed E-state index contributed by atoms with van der Waals surface area (Å²) in [6.45, 7) is 1.79. The molecule has 0 aliphatic carbocycles. The number of methoxy groups -OCH3 is 1. The molecule has 0 saturated carbocycles. The Bertz CT molecular complexity index is 1280. The van der Waals surface area contributed by atoms with Crippen molar-refractivity contribution in [2.75, 3.05) is 40.0 Å². The van der Waals surface area contributed by atoms with E-state index in [0.29, 0.717) is 25.3 Å². The first-order chi connectivity index (χ1) is 16.5. The highest BCUT2D eigenvalue weighted by Crippen LogP contribution is 2.39. The van der Waals surface area contributed by atoms with Gasteiger partial charge in [0.25, 0.3) is 5.91 Å². The van der Waals surface area contributed by atoms with E-state index in [0.717, 1.165) is 17.5 Å². The second-order valence-electron chi connectivity index (χ2n) is 8.24. The largest absolute Gasteiger partial charge is 0.495 e. The summed E-state index contributed by atoms with van der Waals surface area (Å²) < 4.78 is 38.9. The van der Waals surface area contributed by atoms with E-state index in [1.54, 1.807) is 23.5 Å². The van der Waals surface area contributed by atoms with Crippen molar-refractivity contribution in [3.63, 3.8) is 0 Å². The number of rotatable bonds is 5. The Balaban J connectivity index is 1.54. The lowest BCUT2D eigenvalue weighted by Gasteiger charge is -2.36. The highest BCUT2D eigenvalue weighted by Gasteiger charge is 2.35. The second-order valence-corrected chi connectivity index (χ2v) is 11.2. The summed E-state index contributed by atoms with van der Waals surface area (Å²) in [6, 6.07) is 16.5. The van der Waals surface area contributed by atoms with Crippen LogP contribution in [-0.4, -0.2) is 63.5 Å². The highest BCUT2D eigenvalue weighted by molar-refractivity contribution is 7.89. The maximum absolute atomic E-state index is 13.8. The number of amides is 1. The molecule has 1 atom stereocenters. The van der Waals surface area contributed by atoms with Crippen LogP contribution in [0.5, 0.6) is 5.75 Å². The number of morpholine rings is 1. The molecule has 0 N–H and O–H groups in total. The van der Waals surface area contributed by atoms with Crippen molar-refractivity contribution in [2.24, 2.45) is 0 Å². The highest BCUT2D eigenvalue weighted by atomic mass is 32.2. The van der Waals surface area contributed by atoms with Gasteiger partial charge in [-0.15, -0.1) is 11.3 Å². The number of benzene rings is 2. The Morgan fingerprint density at radius 3 is 2.56 bits per heavy atom. The van der Waals surface area contributed by atoms with Crippen LogP contribution in [0.3, 0.4) is 0 Å². The maximum atomic E-state index is 13.8. The van der Waals surface area contributed by atoms with Crippen molar-refractivity contribution >= 4 is 27.3 Å². The average molecular weight is 499 g/mol. The van der Waals surface area contributed by atoms with E-state index in [4.69, 9.17) is 9.47 Å². The van der Waals surface area contributed by atoms with Crippen molar-refractivity contribution in [3.05, 3.63) is 81.5 Å². The summed E-state index contributed by atoms with van der Waals surface area (Å²) in [7, 11) is -2.40. The summed E-state index contributed by atoms with van der Waals surface area (Å²) in [5.74, 6) is 0.0215. The van der Waals surface area contributed by atoms with Gasteiger partial charge >= 0.3 is 0 Å². The van der Waals surface area contributed by atoms with Crippen molar-refractivity contribution in [3.8, 4) is 5.75 Å². The van der Waals surface area contributed by atoms with Crippen LogP contribution in [0.25, 0.3) is 0 Å². The van der Waals surface area contributed by atoms with Gasteiger partial charge in [0.2, 0.25) is 10.0 Å². The minimum atomic E-state index is -3.84. The third-order valence-electron chi connectivity index (χ3n) is 6.34. The molecule has 1 unspecified atom stereocenters. The summed E-state index contributed by atoms with van der Waals surface area (Å²) in [6.07, 6.45) is 0.775. The average Bonchev–Trinajstić information content (AvgIpc) is 3.37. The van der Waals surface area contributed by atoms with E-state index >= 15 is 0 Å². The molecule has 1 amide bonds. The Hall–Kier alpha value is -2.72. The SMILES string of the molecule is COc1ccc(C(=O)N2CCc3sccc3C2c2ccccc2)cc1S(=O)(=O)N1CCOCC1. The van der Waals surface area contributed by atoms with Crippen LogP contribution in [0.2, 0.25) is 0 Å². The fraction of sp³-hybridized carbons (Fsp3) is 0.320. The molecule has 2 aliphatic heterocycles. The van der Waals surface area contributed by atoms with E-state index in [1.807, 2.05) is 35.2 Å². The zero-order valence-corrected chi connectivity index (χ0v) is 20.5. The first kappa shape index (κ1) is 23.0. The number of fused-ring (bicyclic) bond motifs is 1. The Kier molecular flexibility index (Phi) is 6.44. The Morgan fingerprint density at radius 2 is 1.82 bits per heavy atom. The van der Waals surface area contributed by atoms with E-state index in [9.17, 15) is 13.2 Å². The Morgan fingerprint density at radius 1 is 1.06 bits per heavy atom. The predicted octanol–water partition coefficient (Wildman–Crippen LogP) is 3.57. The van der Waals surface area contributed by atoms with Crippen LogP contribution in [0.4, 0.5) is 0 Å². The molecule has 1 aromatic heterocycles. The minimum absolute atomic E-state index is 0.00671. The number of thiophene rings is 1. The number of ether oxygens (including phenoxy) is 2. The first-order valence-electron chi connectivity index (χ1n) is 11.2. The quantitative estimate of drug-likeness (QED) is 0.538. The number of hydrogen-bond donors (Lipinski definition) is 0. The predicted molar refractivity (Wildman–Crippen MR) is 130 cm³/mol. The number of sulfonamides is 1. The molecule has 1 fully saturated rings. The zero-order valence-electron chi connectivity index (χ0n) is 18.8. The lowest BCUT2D eigenvalue weighted by atomic mass is 9.92. The molecule has 1 saturated heterocycles. The fourth-order valence-corrected chi connectivity index (χ4v) is 7.13. The zero-order chi connectivity index (χ0) is 23.7. The molecule has 5 rings (SSSR count). The summed E-state index contributed by atoms with van der Waals surface area (Å²) in [4.78, 5) is 17.0. The van der Waals surface area contributed by atoms with E-state index in [1.165, 1.54) is 22.4 Å². The summed E-state index contributed by atoms with van der Waals surface area (Å²) in [5, 5.41) is 2.06. The molecule has 3 heterocycles. The normalized spacial score (nSPS) is 19.0. The Labute approximate surface area is 203 Å². The minimum Gasteiger partial charge on any atom is -0.495 e. The van der Waals surface area contributed by atoms with Gasteiger partial charge in [-0.25, -0.2) is 8.42 Å². The molecule has 7 nitrogen and oxygen atoms in total. The molecule has 178 valence electrons. The molecule has 0 radical (unpaired) electrons. The van der Waals surface area contributed by atoms with Gasteiger partial charge in [0.05, 0.1) is 26.4 Å². The third kappa shape index (κ3) is 4.13. The van der Waals surface area contributed by atoms with Crippen molar-refractivity contribution < 1.29 is 22.7 Å². The standard InChI is InChI=1S/C25H26N2O5S2/c1-31-21-8-7-19(17-23(21)34(29,30)26-12-14-32-15-13-26)25(28)27-11-9-22-20(10-16-33-22)24(27)18-5-3-2-4-6-18/h2-8,10,16-17,24H,9,11-15H2,1H3. The van der Waals surface area contributed by atoms with Crippen molar-refractivity contribution in [1.29, 1.82) is 0 Å². The smallest absolute Gasteiger partial charge is 0.254 e. The van der Waals surface area contributed by atoms with Crippen molar-refractivity contribution in [1.82, 2.24) is 9.21 Å². The molecule has 0 spiro atoms. The van der Waals surface area contributed by atoms with Gasteiger partial charge in [0.1, 0.15) is 10.6 Å². The van der Waals surface area contributed by atoms with Crippen LogP contribution < -0.4 is 4.74 Å². The van der Waals surface area contributed by atoms with Crippen LogP contribution in [-0.2, 0) is 21.2 Å². The third-order valence-corrected chi connectivity index (χ3v) is 9.26. The summed E-state index contributed by atoms with van der Waals surface area (Å²) in [5.41, 5.74) is 2.49. The lowest BCUT2D eigenvalue weighted by molar-refractivity contribution is 0.0695. The molecule has 2 aromatic carbocycles. The van der Waals surface area contributed by atoms with Crippen molar-refractivity contribution in [2.45, 2.75) is 17.4 Å². The van der Waals surface area contributed by atoms with Gasteiger partial charge in [-0.1, -0.05) is 30.3 Å². The molecule has 9 heteroatoms. The van der Waals surface area contributed by atoms with Crippen LogP contribution >= 0.6 is 11.3 Å². The topological polar surface area (TPSA) is 76.2 Å². The molecule has 0 bridgehead atoms. The maximum Gasteiger partial charge on any atom is 0.254 e. The first-order valence-corrected chi connectivity index (χ1v) is 13.5. The summed E-state index contributed by atoms with van der Waals surface area (Å²) >= 11 is 1.71. The molecular weight excluding hydrogens is 472 g/mol. The van der Waals surface area contributed by atoms with Gasteiger partial charge in [-0.3, -0.25) is 4.79 Å². The van der Waals surface area contributed by atoms with Gasteiger partial charge in [0, 0.05) is 30.1 Å². The lowest BCUT2D eigenvalue weighted by Crippen LogP contribution is -2.41. The van der Waals surface area contributed by atoms with Crippen LogP contribution in [0, 0.1) is 0 Å². The van der Waals surface area contributed by atoms with Gasteiger partial charge in [0.15, 0.2) is 0 Å². The van der Waals surface area contributed by atoms with E-state index < -0.39 is 10.0 Å². The number of carbonyl (C=O) groups is 1. The molecule has 34 heavy (non-hydrogen) atoms. The van der Waals surface area contributed by atoms with E-state index in [-0.39, 0.29) is 35.7 Å². The fourth-order valence-electron chi connectivity index (χ4n) is 4.63. The molecular formula is C25H26N2O5S2. The molecule has 3 aromatic rings. The second kappa shape index (κ2) is 9.50. The van der Waals surface area contributed by atoms with Crippen LogP contribution in [0.1, 0.15) is 32.4 Å². The van der Waals surface area contributed by atoms with Gasteiger partial charge in [-0.2, -0.15) is 4.31 Å². The van der Waals surface area contributed by atoms with Gasteiger partial charge in [-0.05, 0) is 47.2 Å². The number of hydrogen-bond acceptors (Lipinski definition) is 6. The van der Waals surface area contributed by atoms with E-state index in [2.05, 4.69) is 11.4 Å². The van der Waals surface area contributed by atoms with Gasteiger partial charge < -0.3 is 14.4 Å².